The summed E-state index contributed by atoms with van der Waals surface area (Å²) in [7, 11) is -3.86. The molecule has 7 nitrogen and oxygen atoms in total. The smallest absolute Gasteiger partial charge is 0.229 e. The number of hydrogen-bond donors (Lipinski definition) is 1. The Hall–Kier alpha value is -3.00. The van der Waals surface area contributed by atoms with Crippen LogP contribution in [0.15, 0.2) is 58.5 Å². The van der Waals surface area contributed by atoms with Gasteiger partial charge in [0.25, 0.3) is 0 Å². The van der Waals surface area contributed by atoms with Gasteiger partial charge in [-0.05, 0) is 48.6 Å². The predicted octanol–water partition coefficient (Wildman–Crippen LogP) is 4.59. The molecule has 0 aliphatic heterocycles. The van der Waals surface area contributed by atoms with Crippen LogP contribution in [0.1, 0.15) is 51.0 Å². The van der Waals surface area contributed by atoms with E-state index in [9.17, 15) is 8.42 Å². The number of benzene rings is 2. The lowest BCUT2D eigenvalue weighted by Gasteiger charge is -2.15. The molecule has 31 heavy (non-hydrogen) atoms. The molecule has 0 saturated heterocycles. The molecule has 4 aromatic rings. The van der Waals surface area contributed by atoms with Gasteiger partial charge >= 0.3 is 0 Å². The van der Waals surface area contributed by atoms with Gasteiger partial charge in [-0.25, -0.2) is 13.4 Å². The van der Waals surface area contributed by atoms with Crippen LogP contribution in [0, 0.1) is 0 Å². The lowest BCUT2D eigenvalue weighted by Crippen LogP contribution is -2.16. The van der Waals surface area contributed by atoms with Crippen molar-refractivity contribution in [1.29, 1.82) is 0 Å². The van der Waals surface area contributed by atoms with Crippen molar-refractivity contribution in [3.8, 4) is 0 Å². The monoisotopic (exact) mass is 435 g/mol. The first-order chi connectivity index (χ1) is 14.9. The molecule has 1 N–H and O–H groups in total. The second-order valence-electron chi connectivity index (χ2n) is 8.46. The summed E-state index contributed by atoms with van der Waals surface area (Å²) in [6.45, 7) is 4.15. The van der Waals surface area contributed by atoms with E-state index >= 15 is 0 Å². The van der Waals surface area contributed by atoms with Gasteiger partial charge in [0.2, 0.25) is 14.9 Å². The van der Waals surface area contributed by atoms with E-state index in [1.165, 1.54) is 17.4 Å². The normalized spacial score (nSPS) is 15.3. The fraction of sp³-hybridized carbons (Fsp3) is 0.348. The minimum Gasteiger partial charge on any atom is -0.367 e. The minimum atomic E-state index is -3.86. The molecule has 160 valence electrons. The Bertz CT molecular complexity index is 1350. The molecule has 1 aliphatic carbocycles. The number of nitrogens with zero attached hydrogens (tertiary/aromatic N) is 4. The Balaban J connectivity index is 1.66. The van der Waals surface area contributed by atoms with Crippen LogP contribution in [0.25, 0.3) is 16.6 Å². The molecule has 1 fully saturated rings. The average Bonchev–Trinajstić information content (AvgIpc) is 3.44. The van der Waals surface area contributed by atoms with Gasteiger partial charge < -0.3 is 5.32 Å². The van der Waals surface area contributed by atoms with Gasteiger partial charge in [0.05, 0.1) is 10.4 Å². The summed E-state index contributed by atoms with van der Waals surface area (Å²) in [5.74, 6) is 1.01. The third-order valence-electron chi connectivity index (χ3n) is 6.03. The van der Waals surface area contributed by atoms with Crippen LogP contribution >= 0.6 is 0 Å². The number of nitrogens with one attached hydrogen (secondary N) is 1. The number of aromatic nitrogens is 4. The predicted molar refractivity (Wildman–Crippen MR) is 120 cm³/mol. The van der Waals surface area contributed by atoms with Crippen LogP contribution in [-0.2, 0) is 9.84 Å². The van der Waals surface area contributed by atoms with Crippen LogP contribution in [-0.4, -0.2) is 34.3 Å². The number of para-hydroxylation sites is 1. The molecule has 0 amide bonds. The van der Waals surface area contributed by atoms with Crippen molar-refractivity contribution in [2.24, 2.45) is 0 Å². The minimum absolute atomic E-state index is 0.120. The zero-order valence-corrected chi connectivity index (χ0v) is 18.4. The summed E-state index contributed by atoms with van der Waals surface area (Å²) in [5, 5.41) is 12.5. The first-order valence-corrected chi connectivity index (χ1v) is 12.2. The molecule has 8 heteroatoms. The summed E-state index contributed by atoms with van der Waals surface area (Å²) in [6, 6.07) is 15.0. The Morgan fingerprint density at radius 3 is 2.45 bits per heavy atom. The third-order valence-corrected chi connectivity index (χ3v) is 7.70. The van der Waals surface area contributed by atoms with Gasteiger partial charge in [0, 0.05) is 11.4 Å². The number of sulfone groups is 1. The van der Waals surface area contributed by atoms with E-state index in [4.69, 9.17) is 4.98 Å². The maximum absolute atomic E-state index is 13.4. The van der Waals surface area contributed by atoms with Crippen molar-refractivity contribution in [2.75, 3.05) is 5.32 Å². The third kappa shape index (κ3) is 3.44. The summed E-state index contributed by atoms with van der Waals surface area (Å²) in [6.07, 6.45) is 4.56. The summed E-state index contributed by atoms with van der Waals surface area (Å²) in [4.78, 5) is 4.91. The van der Waals surface area contributed by atoms with Gasteiger partial charge in [0.15, 0.2) is 5.65 Å². The van der Waals surface area contributed by atoms with Crippen molar-refractivity contribution in [2.45, 2.75) is 61.4 Å². The molecule has 1 saturated carbocycles. The van der Waals surface area contributed by atoms with E-state index in [1.54, 1.807) is 12.1 Å². The number of hydrogen-bond acceptors (Lipinski definition) is 6. The molecule has 5 rings (SSSR count). The molecule has 0 bridgehead atoms. The van der Waals surface area contributed by atoms with E-state index in [2.05, 4.69) is 29.5 Å². The lowest BCUT2D eigenvalue weighted by molar-refractivity contribution is 0.592. The molecule has 0 radical (unpaired) electrons. The van der Waals surface area contributed by atoms with Crippen molar-refractivity contribution in [1.82, 2.24) is 19.8 Å². The van der Waals surface area contributed by atoms with Crippen LogP contribution < -0.4 is 5.32 Å². The van der Waals surface area contributed by atoms with Crippen molar-refractivity contribution in [3.05, 3.63) is 54.1 Å². The van der Waals surface area contributed by atoms with E-state index in [0.717, 1.165) is 29.3 Å². The highest BCUT2D eigenvalue weighted by atomic mass is 32.2. The Kier molecular flexibility index (Phi) is 4.89. The van der Waals surface area contributed by atoms with Crippen LogP contribution in [0.4, 0.5) is 5.82 Å². The second-order valence-corrected chi connectivity index (χ2v) is 10.3. The molecular weight excluding hydrogens is 410 g/mol. The zero-order valence-electron chi connectivity index (χ0n) is 17.6. The number of rotatable bonds is 5. The Labute approximate surface area is 181 Å². The number of fused-ring (bicyclic) bond motifs is 3. The molecule has 2 aromatic carbocycles. The van der Waals surface area contributed by atoms with E-state index in [1.807, 2.05) is 36.4 Å². The van der Waals surface area contributed by atoms with E-state index < -0.39 is 9.84 Å². The lowest BCUT2D eigenvalue weighted by atomic mass is 10.0. The highest BCUT2D eigenvalue weighted by molar-refractivity contribution is 7.91. The van der Waals surface area contributed by atoms with Crippen LogP contribution in [0.5, 0.6) is 0 Å². The molecule has 1 aliphatic rings. The Morgan fingerprint density at radius 1 is 1.03 bits per heavy atom. The SMILES string of the molecule is CC(C)c1ccc(S(=O)(=O)c2nnn3c2nc(NC2CCCC2)c2ccccc23)cc1. The van der Waals surface area contributed by atoms with E-state index in [0.29, 0.717) is 17.8 Å². The largest absolute Gasteiger partial charge is 0.367 e. The summed E-state index contributed by atoms with van der Waals surface area (Å²) < 4.78 is 28.3. The maximum atomic E-state index is 13.4. The van der Waals surface area contributed by atoms with Crippen LogP contribution in [0.3, 0.4) is 0 Å². The highest BCUT2D eigenvalue weighted by Crippen LogP contribution is 2.30. The first-order valence-electron chi connectivity index (χ1n) is 10.7. The summed E-state index contributed by atoms with van der Waals surface area (Å²) in [5.41, 5.74) is 2.10. The Morgan fingerprint density at radius 2 is 1.74 bits per heavy atom. The standard InChI is InChI=1S/C23H25N5O2S/c1-15(2)16-11-13-18(14-12-16)31(29,30)23-22-25-21(24-17-7-3-4-8-17)19-9-5-6-10-20(19)28(22)27-26-23/h5-6,9-15,17H,3-4,7-8H2,1-2H3,(H,24,25). The van der Waals surface area contributed by atoms with Gasteiger partial charge in [-0.2, -0.15) is 4.52 Å². The quantitative estimate of drug-likeness (QED) is 0.493. The molecule has 0 atom stereocenters. The average molecular weight is 436 g/mol. The fourth-order valence-corrected chi connectivity index (χ4v) is 5.47. The maximum Gasteiger partial charge on any atom is 0.229 e. The topological polar surface area (TPSA) is 89.2 Å². The first kappa shape index (κ1) is 19.9. The van der Waals surface area contributed by atoms with E-state index in [-0.39, 0.29) is 15.6 Å². The number of anilines is 1. The molecule has 2 heterocycles. The van der Waals surface area contributed by atoms with Gasteiger partial charge in [-0.3, -0.25) is 0 Å². The van der Waals surface area contributed by atoms with Crippen LogP contribution in [0.2, 0.25) is 0 Å². The molecular formula is C23H25N5O2S. The van der Waals surface area contributed by atoms with Gasteiger partial charge in [-0.15, -0.1) is 5.10 Å². The van der Waals surface area contributed by atoms with Crippen molar-refractivity contribution >= 4 is 32.2 Å². The molecule has 2 aromatic heterocycles. The highest BCUT2D eigenvalue weighted by Gasteiger charge is 2.27. The van der Waals surface area contributed by atoms with Crippen molar-refractivity contribution < 1.29 is 8.42 Å². The van der Waals surface area contributed by atoms with Crippen molar-refractivity contribution in [3.63, 3.8) is 0 Å². The fourth-order valence-electron chi connectivity index (χ4n) is 4.24. The zero-order chi connectivity index (χ0) is 21.6. The summed E-state index contributed by atoms with van der Waals surface area (Å²) >= 11 is 0. The molecule has 0 spiro atoms. The van der Waals surface area contributed by atoms with Gasteiger partial charge in [0.1, 0.15) is 5.82 Å². The van der Waals surface area contributed by atoms with Gasteiger partial charge in [-0.1, -0.05) is 56.2 Å². The molecule has 0 unspecified atom stereocenters. The second kappa shape index (κ2) is 7.60.